The second-order valence-electron chi connectivity index (χ2n) is 11.7. The summed E-state index contributed by atoms with van der Waals surface area (Å²) in [4.78, 5) is 41.3. The summed E-state index contributed by atoms with van der Waals surface area (Å²) in [6, 6.07) is 33.7. The Hall–Kier alpha value is -4.90. The maximum Gasteiger partial charge on any atom is 0.408 e. The fraction of sp³-hybridized carbons (Fsp3) is 0.184. The Bertz CT molecular complexity index is 2040. The second-order valence-corrected chi connectivity index (χ2v) is 12.5. The minimum absolute atomic E-state index is 0.0921. The van der Waals surface area contributed by atoms with Gasteiger partial charge < -0.3 is 19.8 Å². The SMILES string of the molecule is CC(NC(=O)C(C)(Cc1cn(C(=O)c2ccccc2CI)c2ccccc12)NC(=O)OCc1cc2ccccc2o1)c1ccccc1. The number of halogens is 1. The number of para-hydroxylation sites is 2. The van der Waals surface area contributed by atoms with Crippen LogP contribution in [0.3, 0.4) is 0 Å². The van der Waals surface area contributed by atoms with Gasteiger partial charge in [-0.2, -0.15) is 0 Å². The average Bonchev–Trinajstić information content (AvgIpc) is 3.68. The first-order valence-electron chi connectivity index (χ1n) is 15.3. The molecule has 0 saturated carbocycles. The third-order valence-corrected chi connectivity index (χ3v) is 9.12. The van der Waals surface area contributed by atoms with Crippen molar-refractivity contribution in [1.82, 2.24) is 15.2 Å². The molecule has 2 heterocycles. The highest BCUT2D eigenvalue weighted by Crippen LogP contribution is 2.28. The van der Waals surface area contributed by atoms with E-state index in [4.69, 9.17) is 9.15 Å². The smallest absolute Gasteiger partial charge is 0.408 e. The summed E-state index contributed by atoms with van der Waals surface area (Å²) in [6.45, 7) is 3.45. The van der Waals surface area contributed by atoms with Crippen LogP contribution in [0.5, 0.6) is 0 Å². The van der Waals surface area contributed by atoms with E-state index in [0.29, 0.717) is 26.9 Å². The highest BCUT2D eigenvalue weighted by molar-refractivity contribution is 14.1. The Morgan fingerprint density at radius 2 is 1.60 bits per heavy atom. The fourth-order valence-corrected chi connectivity index (χ4v) is 6.45. The molecule has 6 aromatic rings. The van der Waals surface area contributed by atoms with Crippen LogP contribution in [0.1, 0.15) is 52.7 Å². The first kappa shape index (κ1) is 32.1. The molecule has 9 heteroatoms. The number of benzene rings is 4. The molecule has 238 valence electrons. The summed E-state index contributed by atoms with van der Waals surface area (Å²) in [7, 11) is 0. The van der Waals surface area contributed by atoms with Gasteiger partial charge >= 0.3 is 6.09 Å². The molecule has 0 bridgehead atoms. The largest absolute Gasteiger partial charge is 0.457 e. The molecule has 0 aliphatic heterocycles. The molecule has 0 aliphatic carbocycles. The van der Waals surface area contributed by atoms with Crippen molar-refractivity contribution in [1.29, 1.82) is 0 Å². The average molecular weight is 740 g/mol. The first-order chi connectivity index (χ1) is 22.8. The van der Waals surface area contributed by atoms with E-state index < -0.39 is 17.5 Å². The molecule has 2 aromatic heterocycles. The van der Waals surface area contributed by atoms with Crippen molar-refractivity contribution in [2.45, 2.75) is 42.9 Å². The maximum atomic E-state index is 14.1. The molecule has 2 unspecified atom stereocenters. The van der Waals surface area contributed by atoms with Crippen molar-refractivity contribution in [3.63, 3.8) is 0 Å². The standard InChI is InChI=1S/C38H34IN3O5/c1-25(26-12-4-3-5-13-26)40-36(44)38(2,41-37(45)46-24-30-20-27-14-7-11-19-34(27)47-30)21-29-23-42(33-18-10-9-16-31(29)33)35(43)32-17-8-6-15-28(32)22-39/h3-20,23,25H,21-22,24H2,1-2H3,(H,40,44)(H,41,45). The Morgan fingerprint density at radius 3 is 2.38 bits per heavy atom. The van der Waals surface area contributed by atoms with Gasteiger partial charge in [0, 0.05) is 33.4 Å². The molecule has 0 aliphatic rings. The van der Waals surface area contributed by atoms with Gasteiger partial charge in [-0.15, -0.1) is 0 Å². The predicted octanol–water partition coefficient (Wildman–Crippen LogP) is 8.12. The van der Waals surface area contributed by atoms with Gasteiger partial charge in [0.05, 0.1) is 11.6 Å². The molecule has 2 atom stereocenters. The summed E-state index contributed by atoms with van der Waals surface area (Å²) in [5.74, 6) is -0.0756. The monoisotopic (exact) mass is 739 g/mol. The number of carbonyl (C=O) groups excluding carboxylic acids is 3. The van der Waals surface area contributed by atoms with Crippen molar-refractivity contribution in [3.8, 4) is 0 Å². The lowest BCUT2D eigenvalue weighted by atomic mass is 9.91. The van der Waals surface area contributed by atoms with Gasteiger partial charge in [0.2, 0.25) is 5.91 Å². The van der Waals surface area contributed by atoms with Crippen molar-refractivity contribution in [2.75, 3.05) is 0 Å². The number of nitrogens with one attached hydrogen (secondary N) is 2. The van der Waals surface area contributed by atoms with E-state index in [2.05, 4.69) is 33.2 Å². The molecule has 0 saturated heterocycles. The number of furan rings is 1. The number of aromatic nitrogens is 1. The molecule has 6 rings (SSSR count). The maximum absolute atomic E-state index is 14.1. The number of nitrogens with zero attached hydrogens (tertiary/aromatic N) is 1. The molecular weight excluding hydrogens is 705 g/mol. The first-order valence-corrected chi connectivity index (χ1v) is 16.8. The van der Waals surface area contributed by atoms with Gasteiger partial charge in [0.15, 0.2) is 6.61 Å². The summed E-state index contributed by atoms with van der Waals surface area (Å²) in [5, 5.41) is 7.62. The summed E-state index contributed by atoms with van der Waals surface area (Å²) < 4.78 is 13.7. The number of carbonyl (C=O) groups is 3. The van der Waals surface area contributed by atoms with Crippen LogP contribution in [0.15, 0.2) is 120 Å². The number of hydrogen-bond donors (Lipinski definition) is 2. The molecule has 4 aromatic carbocycles. The number of alkyl halides is 1. The molecule has 0 spiro atoms. The summed E-state index contributed by atoms with van der Waals surface area (Å²) in [5.41, 5.74) is 3.15. The van der Waals surface area contributed by atoms with Crippen LogP contribution in [-0.2, 0) is 27.0 Å². The number of hydrogen-bond acceptors (Lipinski definition) is 5. The number of amides is 2. The van der Waals surface area contributed by atoms with Crippen LogP contribution in [0, 0.1) is 0 Å². The highest BCUT2D eigenvalue weighted by atomic mass is 127. The van der Waals surface area contributed by atoms with Crippen LogP contribution < -0.4 is 10.6 Å². The zero-order valence-corrected chi connectivity index (χ0v) is 28.2. The Morgan fingerprint density at radius 1 is 0.894 bits per heavy atom. The summed E-state index contributed by atoms with van der Waals surface area (Å²) >= 11 is 2.25. The molecule has 8 nitrogen and oxygen atoms in total. The molecule has 2 N–H and O–H groups in total. The third-order valence-electron chi connectivity index (χ3n) is 8.30. The zero-order valence-electron chi connectivity index (χ0n) is 26.0. The van der Waals surface area contributed by atoms with Crippen LogP contribution in [0.2, 0.25) is 0 Å². The van der Waals surface area contributed by atoms with Crippen molar-refractivity contribution >= 4 is 62.4 Å². The lowest BCUT2D eigenvalue weighted by Gasteiger charge is -2.30. The Kier molecular flexibility index (Phi) is 9.44. The van der Waals surface area contributed by atoms with Gasteiger partial charge in [-0.1, -0.05) is 108 Å². The van der Waals surface area contributed by atoms with Crippen LogP contribution in [-0.4, -0.2) is 28.0 Å². The highest BCUT2D eigenvalue weighted by Gasteiger charge is 2.38. The minimum Gasteiger partial charge on any atom is -0.457 e. The second kappa shape index (κ2) is 13.8. The van der Waals surface area contributed by atoms with E-state index in [9.17, 15) is 14.4 Å². The van der Waals surface area contributed by atoms with E-state index >= 15 is 0 Å². The molecule has 47 heavy (non-hydrogen) atoms. The van der Waals surface area contributed by atoms with E-state index in [-0.39, 0.29) is 25.0 Å². The lowest BCUT2D eigenvalue weighted by Crippen LogP contribution is -2.58. The van der Waals surface area contributed by atoms with Crippen LogP contribution >= 0.6 is 22.6 Å². The van der Waals surface area contributed by atoms with Crippen molar-refractivity contribution in [2.24, 2.45) is 0 Å². The lowest BCUT2D eigenvalue weighted by molar-refractivity contribution is -0.127. The normalized spacial score (nSPS) is 13.2. The number of alkyl carbamates (subject to hydrolysis) is 1. The zero-order chi connectivity index (χ0) is 33.0. The molecule has 0 fully saturated rings. The van der Waals surface area contributed by atoms with Crippen LogP contribution in [0.25, 0.3) is 21.9 Å². The Labute approximate surface area is 286 Å². The quantitative estimate of drug-likeness (QED) is 0.109. The fourth-order valence-electron chi connectivity index (χ4n) is 5.78. The van der Waals surface area contributed by atoms with Crippen molar-refractivity contribution < 1.29 is 23.5 Å². The van der Waals surface area contributed by atoms with Gasteiger partial charge in [0.25, 0.3) is 5.91 Å². The van der Waals surface area contributed by atoms with E-state index in [1.165, 1.54) is 0 Å². The van der Waals surface area contributed by atoms with E-state index in [1.807, 2.05) is 116 Å². The van der Waals surface area contributed by atoms with Gasteiger partial charge in [-0.3, -0.25) is 14.2 Å². The summed E-state index contributed by atoms with van der Waals surface area (Å²) in [6.07, 6.45) is 1.09. The van der Waals surface area contributed by atoms with Gasteiger partial charge in [-0.25, -0.2) is 4.79 Å². The molecular formula is C38H34IN3O5. The topological polar surface area (TPSA) is 103 Å². The number of ether oxygens (including phenoxy) is 1. The predicted molar refractivity (Wildman–Crippen MR) is 190 cm³/mol. The third kappa shape index (κ3) is 6.95. The molecule has 0 radical (unpaired) electrons. The van der Waals surface area contributed by atoms with E-state index in [1.54, 1.807) is 17.7 Å². The van der Waals surface area contributed by atoms with Gasteiger partial charge in [0.1, 0.15) is 16.9 Å². The van der Waals surface area contributed by atoms with E-state index in [0.717, 1.165) is 27.5 Å². The molecule has 2 amide bonds. The number of rotatable bonds is 10. The van der Waals surface area contributed by atoms with Crippen molar-refractivity contribution in [3.05, 3.63) is 143 Å². The number of fused-ring (bicyclic) bond motifs is 2. The Balaban J connectivity index is 1.30. The minimum atomic E-state index is -1.45. The van der Waals surface area contributed by atoms with Gasteiger partial charge in [-0.05, 0) is 54.8 Å². The van der Waals surface area contributed by atoms with Crippen LogP contribution in [0.4, 0.5) is 4.79 Å².